The first-order chi connectivity index (χ1) is 12.1. The lowest BCUT2D eigenvalue weighted by atomic mass is 10.1. The lowest BCUT2D eigenvalue weighted by Gasteiger charge is -2.31. The van der Waals surface area contributed by atoms with Crippen LogP contribution < -0.4 is 19.4 Å². The summed E-state index contributed by atoms with van der Waals surface area (Å²) in [5, 5.41) is 0. The molecule has 0 saturated carbocycles. The maximum Gasteiger partial charge on any atom is 0.292 e. The molecule has 136 valence electrons. The molecule has 2 N–H and O–H groups in total. The molecule has 0 spiro atoms. The van der Waals surface area contributed by atoms with E-state index < -0.39 is 0 Å². The third-order valence-electron chi connectivity index (χ3n) is 5.31. The van der Waals surface area contributed by atoms with Gasteiger partial charge in [-0.05, 0) is 37.6 Å². The molecule has 2 heterocycles. The van der Waals surface area contributed by atoms with Crippen LogP contribution in [0.25, 0.3) is 0 Å². The number of anilines is 1. The van der Waals surface area contributed by atoms with Crippen LogP contribution in [0, 0.1) is 0 Å². The number of nitrogens with zero attached hydrogens (tertiary/aromatic N) is 1. The average Bonchev–Trinajstić information content (AvgIpc) is 2.95. The van der Waals surface area contributed by atoms with Gasteiger partial charge in [0.25, 0.3) is 5.91 Å². The van der Waals surface area contributed by atoms with Crippen LogP contribution >= 0.6 is 0 Å². The van der Waals surface area contributed by atoms with Crippen LogP contribution in [-0.2, 0) is 9.59 Å². The Kier molecular flexibility index (Phi) is 5.71. The molecule has 6 nitrogen and oxygen atoms in total. The first kappa shape index (κ1) is 17.9. The van der Waals surface area contributed by atoms with Crippen molar-refractivity contribution in [3.63, 3.8) is 0 Å². The zero-order chi connectivity index (χ0) is 17.8. The van der Waals surface area contributed by atoms with Gasteiger partial charge in [0, 0.05) is 0 Å². The number of carbonyl (C=O) groups is 2. The van der Waals surface area contributed by atoms with Gasteiger partial charge in [-0.3, -0.25) is 9.59 Å². The van der Waals surface area contributed by atoms with Crippen molar-refractivity contribution >= 4 is 17.5 Å². The van der Waals surface area contributed by atoms with Crippen molar-refractivity contribution < 1.29 is 24.1 Å². The van der Waals surface area contributed by atoms with Crippen LogP contribution in [-0.4, -0.2) is 57.2 Å². The number of hydrogen-bond acceptors (Lipinski definition) is 3. The average molecular weight is 347 g/mol. The molecular formula is C19H29N3O3+2. The molecule has 1 aromatic rings. The van der Waals surface area contributed by atoms with Crippen molar-refractivity contribution in [2.75, 3.05) is 44.2 Å². The minimum atomic E-state index is -0.220. The SMILES string of the molecule is CCCOc1ccc(N2C(=O)C[C@H]([NH+]3CC[NH+](CC)CC3)C2=O)cc1. The highest BCUT2D eigenvalue weighted by molar-refractivity contribution is 6.21. The highest BCUT2D eigenvalue weighted by Crippen LogP contribution is 2.24. The van der Waals surface area contributed by atoms with Gasteiger partial charge in [0.05, 0.1) is 25.3 Å². The van der Waals surface area contributed by atoms with Gasteiger partial charge in [-0.15, -0.1) is 0 Å². The van der Waals surface area contributed by atoms with Crippen LogP contribution in [0.3, 0.4) is 0 Å². The minimum absolute atomic E-state index is 0.0535. The van der Waals surface area contributed by atoms with E-state index in [1.807, 2.05) is 12.1 Å². The molecule has 2 fully saturated rings. The Bertz CT molecular complexity index is 609. The number of ether oxygens (including phenoxy) is 1. The van der Waals surface area contributed by atoms with Crippen molar-refractivity contribution in [2.45, 2.75) is 32.7 Å². The highest BCUT2D eigenvalue weighted by atomic mass is 16.5. The predicted molar refractivity (Wildman–Crippen MR) is 95.1 cm³/mol. The van der Waals surface area contributed by atoms with E-state index in [1.54, 1.807) is 17.0 Å². The quantitative estimate of drug-likeness (QED) is 0.643. The topological polar surface area (TPSA) is 55.5 Å². The minimum Gasteiger partial charge on any atom is -0.494 e. The molecule has 2 aliphatic rings. The number of piperazine rings is 1. The molecule has 0 bridgehead atoms. The van der Waals surface area contributed by atoms with Crippen molar-refractivity contribution in [3.05, 3.63) is 24.3 Å². The zero-order valence-corrected chi connectivity index (χ0v) is 15.2. The lowest BCUT2D eigenvalue weighted by molar-refractivity contribution is -1.02. The first-order valence-electron chi connectivity index (χ1n) is 9.41. The van der Waals surface area contributed by atoms with Crippen molar-refractivity contribution in [3.8, 4) is 5.75 Å². The second-order valence-electron chi connectivity index (χ2n) is 6.93. The standard InChI is InChI=1S/C19H27N3O3/c1-3-13-25-16-7-5-15(6-8-16)22-18(23)14-17(19(22)24)21-11-9-20(4-2)10-12-21/h5-8,17H,3-4,9-14H2,1-2H3/p+2/t17-/m0/s1. The lowest BCUT2D eigenvalue weighted by Crippen LogP contribution is -3.29. The molecular weight excluding hydrogens is 318 g/mol. The summed E-state index contributed by atoms with van der Waals surface area (Å²) in [5.41, 5.74) is 0.651. The van der Waals surface area contributed by atoms with Gasteiger partial charge < -0.3 is 14.5 Å². The molecule has 0 aromatic heterocycles. The summed E-state index contributed by atoms with van der Waals surface area (Å²) < 4.78 is 5.57. The zero-order valence-electron chi connectivity index (χ0n) is 15.2. The van der Waals surface area contributed by atoms with Gasteiger partial charge in [-0.1, -0.05) is 6.92 Å². The summed E-state index contributed by atoms with van der Waals surface area (Å²) in [4.78, 5) is 29.6. The summed E-state index contributed by atoms with van der Waals surface area (Å²) in [6.45, 7) is 10.1. The predicted octanol–water partition coefficient (Wildman–Crippen LogP) is -1.09. The molecule has 25 heavy (non-hydrogen) atoms. The molecule has 2 saturated heterocycles. The van der Waals surface area contributed by atoms with Crippen molar-refractivity contribution in [1.29, 1.82) is 0 Å². The van der Waals surface area contributed by atoms with Gasteiger partial charge >= 0.3 is 0 Å². The van der Waals surface area contributed by atoms with Crippen LogP contribution in [0.2, 0.25) is 0 Å². The summed E-state index contributed by atoms with van der Waals surface area (Å²) in [7, 11) is 0. The number of imide groups is 1. The van der Waals surface area contributed by atoms with Crippen LogP contribution in [0.4, 0.5) is 5.69 Å². The molecule has 0 unspecified atom stereocenters. The van der Waals surface area contributed by atoms with Crippen molar-refractivity contribution in [2.24, 2.45) is 0 Å². The Balaban J connectivity index is 1.67. The number of hydrogen-bond donors (Lipinski definition) is 2. The molecule has 0 aliphatic carbocycles. The van der Waals surface area contributed by atoms with Gasteiger partial charge in [-0.25, -0.2) is 4.90 Å². The largest absolute Gasteiger partial charge is 0.494 e. The summed E-state index contributed by atoms with van der Waals surface area (Å²) in [6, 6.07) is 7.04. The smallest absolute Gasteiger partial charge is 0.292 e. The molecule has 0 radical (unpaired) electrons. The van der Waals surface area contributed by atoms with Crippen LogP contribution in [0.1, 0.15) is 26.7 Å². The van der Waals surface area contributed by atoms with Crippen molar-refractivity contribution in [1.82, 2.24) is 0 Å². The number of nitrogens with one attached hydrogen (secondary N) is 2. The highest BCUT2D eigenvalue weighted by Gasteiger charge is 2.46. The number of quaternary nitrogens is 2. The fourth-order valence-corrected chi connectivity index (χ4v) is 3.76. The number of benzene rings is 1. The fraction of sp³-hybridized carbons (Fsp3) is 0.579. The summed E-state index contributed by atoms with van der Waals surface area (Å²) in [5.74, 6) is 0.628. The van der Waals surface area contributed by atoms with E-state index in [-0.39, 0.29) is 17.9 Å². The second-order valence-corrected chi connectivity index (χ2v) is 6.93. The van der Waals surface area contributed by atoms with Crippen LogP contribution in [0.15, 0.2) is 24.3 Å². The Morgan fingerprint density at radius 1 is 1.08 bits per heavy atom. The van der Waals surface area contributed by atoms with E-state index in [4.69, 9.17) is 4.74 Å². The maximum atomic E-state index is 12.9. The van der Waals surface area contributed by atoms with E-state index in [0.717, 1.165) is 44.9 Å². The Hall–Kier alpha value is -1.92. The van der Waals surface area contributed by atoms with E-state index in [9.17, 15) is 9.59 Å². The third-order valence-corrected chi connectivity index (χ3v) is 5.31. The Labute approximate surface area is 149 Å². The molecule has 2 aliphatic heterocycles. The first-order valence-corrected chi connectivity index (χ1v) is 9.41. The third kappa shape index (κ3) is 3.85. The van der Waals surface area contributed by atoms with E-state index in [0.29, 0.717) is 18.7 Å². The number of likely N-dealkylation sites (N-methyl/N-ethyl adjacent to an activating group) is 1. The molecule has 3 rings (SSSR count). The molecule has 1 aromatic carbocycles. The number of rotatable bonds is 6. The van der Waals surface area contributed by atoms with E-state index in [2.05, 4.69) is 13.8 Å². The Morgan fingerprint density at radius 3 is 2.36 bits per heavy atom. The van der Waals surface area contributed by atoms with Gasteiger partial charge in [0.15, 0.2) is 6.04 Å². The normalized spacial score (nSPS) is 27.0. The van der Waals surface area contributed by atoms with Gasteiger partial charge in [-0.2, -0.15) is 0 Å². The summed E-state index contributed by atoms with van der Waals surface area (Å²) >= 11 is 0. The molecule has 2 amide bonds. The second kappa shape index (κ2) is 7.97. The number of amides is 2. The molecule has 1 atom stereocenters. The maximum absolute atomic E-state index is 12.9. The monoisotopic (exact) mass is 347 g/mol. The van der Waals surface area contributed by atoms with E-state index >= 15 is 0 Å². The Morgan fingerprint density at radius 2 is 1.76 bits per heavy atom. The number of carbonyl (C=O) groups excluding carboxylic acids is 2. The summed E-state index contributed by atoms with van der Waals surface area (Å²) in [6.07, 6.45) is 1.27. The molecule has 6 heteroatoms. The fourth-order valence-electron chi connectivity index (χ4n) is 3.76. The van der Waals surface area contributed by atoms with Crippen LogP contribution in [0.5, 0.6) is 5.75 Å². The van der Waals surface area contributed by atoms with Gasteiger partial charge in [0.2, 0.25) is 5.91 Å². The van der Waals surface area contributed by atoms with Gasteiger partial charge in [0.1, 0.15) is 31.9 Å². The van der Waals surface area contributed by atoms with E-state index in [1.165, 1.54) is 9.80 Å².